The number of para-hydroxylation sites is 1. The monoisotopic (exact) mass is 276 g/mol. The highest BCUT2D eigenvalue weighted by Crippen LogP contribution is 2.12. The van der Waals surface area contributed by atoms with Crippen molar-refractivity contribution < 1.29 is 0 Å². The summed E-state index contributed by atoms with van der Waals surface area (Å²) in [6.07, 6.45) is 13.4. The van der Waals surface area contributed by atoms with Gasteiger partial charge < -0.3 is 11.1 Å². The van der Waals surface area contributed by atoms with Crippen molar-refractivity contribution in [3.05, 3.63) is 30.3 Å². The van der Waals surface area contributed by atoms with E-state index in [0.717, 1.165) is 12.1 Å². The standard InChI is InChI=1S/C18H32N2/c1-2-3-4-5-6-7-8-9-13-16-18(19)20-17-14-11-10-12-15-17/h10-12,14-15,18,20H,2-9,13,16,19H2,1H3. The predicted molar refractivity (Wildman–Crippen MR) is 89.9 cm³/mol. The Bertz CT molecular complexity index is 310. The maximum Gasteiger partial charge on any atom is 0.0743 e. The molecule has 1 aromatic carbocycles. The van der Waals surface area contributed by atoms with Crippen molar-refractivity contribution in [2.45, 2.75) is 77.3 Å². The predicted octanol–water partition coefficient (Wildman–Crippen LogP) is 5.30. The zero-order valence-electron chi connectivity index (χ0n) is 13.1. The van der Waals surface area contributed by atoms with Gasteiger partial charge in [-0.15, -0.1) is 0 Å². The van der Waals surface area contributed by atoms with Gasteiger partial charge in [0.05, 0.1) is 6.17 Å². The zero-order chi connectivity index (χ0) is 14.5. The lowest BCUT2D eigenvalue weighted by Gasteiger charge is -2.14. The lowest BCUT2D eigenvalue weighted by atomic mass is 10.1. The summed E-state index contributed by atoms with van der Waals surface area (Å²) in [5.74, 6) is 0. The summed E-state index contributed by atoms with van der Waals surface area (Å²) in [7, 11) is 0. The van der Waals surface area contributed by atoms with E-state index < -0.39 is 0 Å². The highest BCUT2D eigenvalue weighted by atomic mass is 15.0. The Kier molecular flexibility index (Phi) is 10.0. The van der Waals surface area contributed by atoms with Crippen LogP contribution in [0.2, 0.25) is 0 Å². The highest BCUT2D eigenvalue weighted by molar-refractivity contribution is 5.42. The Morgan fingerprint density at radius 2 is 1.40 bits per heavy atom. The van der Waals surface area contributed by atoms with Gasteiger partial charge in [0.15, 0.2) is 0 Å². The molecule has 114 valence electrons. The molecule has 1 unspecified atom stereocenters. The molecule has 0 aliphatic carbocycles. The van der Waals surface area contributed by atoms with E-state index in [0.29, 0.717) is 0 Å². The van der Waals surface area contributed by atoms with Gasteiger partial charge in [-0.05, 0) is 18.6 Å². The van der Waals surface area contributed by atoms with Crippen molar-refractivity contribution in [1.82, 2.24) is 0 Å². The van der Waals surface area contributed by atoms with Crippen LogP contribution in [0.4, 0.5) is 5.69 Å². The van der Waals surface area contributed by atoms with Crippen molar-refractivity contribution in [2.75, 3.05) is 5.32 Å². The van der Waals surface area contributed by atoms with Gasteiger partial charge in [0.1, 0.15) is 0 Å². The van der Waals surface area contributed by atoms with Crippen molar-refractivity contribution in [3.8, 4) is 0 Å². The first-order valence-corrected chi connectivity index (χ1v) is 8.40. The van der Waals surface area contributed by atoms with Crippen LogP contribution in [0, 0.1) is 0 Å². The molecule has 0 aliphatic heterocycles. The fourth-order valence-corrected chi connectivity index (χ4v) is 2.50. The molecule has 0 fully saturated rings. The maximum absolute atomic E-state index is 6.09. The number of anilines is 1. The number of hydrogen-bond donors (Lipinski definition) is 2. The summed E-state index contributed by atoms with van der Waals surface area (Å²) >= 11 is 0. The molecule has 0 amide bonds. The topological polar surface area (TPSA) is 38.0 Å². The Balaban J connectivity index is 1.91. The fraction of sp³-hybridized carbons (Fsp3) is 0.667. The van der Waals surface area contributed by atoms with E-state index in [-0.39, 0.29) is 6.17 Å². The van der Waals surface area contributed by atoms with Gasteiger partial charge in [-0.25, -0.2) is 0 Å². The second kappa shape index (κ2) is 11.8. The van der Waals surface area contributed by atoms with Crippen LogP contribution in [0.15, 0.2) is 30.3 Å². The van der Waals surface area contributed by atoms with Gasteiger partial charge in [-0.3, -0.25) is 0 Å². The molecule has 2 nitrogen and oxygen atoms in total. The van der Waals surface area contributed by atoms with E-state index in [1.807, 2.05) is 18.2 Å². The molecule has 0 spiro atoms. The van der Waals surface area contributed by atoms with Crippen LogP contribution in [-0.2, 0) is 0 Å². The number of hydrogen-bond acceptors (Lipinski definition) is 2. The second-order valence-corrected chi connectivity index (χ2v) is 5.73. The molecule has 3 N–H and O–H groups in total. The van der Waals surface area contributed by atoms with Gasteiger partial charge in [-0.1, -0.05) is 82.9 Å². The number of nitrogens with two attached hydrogens (primary N) is 1. The fourth-order valence-electron chi connectivity index (χ4n) is 2.50. The molecule has 0 bridgehead atoms. The molecule has 1 rings (SSSR count). The average Bonchev–Trinajstić information content (AvgIpc) is 2.46. The second-order valence-electron chi connectivity index (χ2n) is 5.73. The molecule has 1 atom stereocenters. The molecular formula is C18H32N2. The summed E-state index contributed by atoms with van der Waals surface area (Å²) in [6.45, 7) is 2.27. The first kappa shape index (κ1) is 17.0. The number of benzene rings is 1. The molecule has 0 heterocycles. The molecular weight excluding hydrogens is 244 g/mol. The number of nitrogens with one attached hydrogen (secondary N) is 1. The Morgan fingerprint density at radius 1 is 0.850 bits per heavy atom. The smallest absolute Gasteiger partial charge is 0.0743 e. The van der Waals surface area contributed by atoms with Crippen LogP contribution in [0.3, 0.4) is 0 Å². The van der Waals surface area contributed by atoms with Gasteiger partial charge in [0, 0.05) is 5.69 Å². The quantitative estimate of drug-likeness (QED) is 0.401. The highest BCUT2D eigenvalue weighted by Gasteiger charge is 2.01. The Labute approximate surface area is 125 Å². The Morgan fingerprint density at radius 3 is 2.00 bits per heavy atom. The SMILES string of the molecule is CCCCCCCCCCCC(N)Nc1ccccc1. The molecule has 20 heavy (non-hydrogen) atoms. The van der Waals surface area contributed by atoms with E-state index in [1.54, 1.807) is 0 Å². The summed E-state index contributed by atoms with van der Waals surface area (Å²) in [5, 5.41) is 3.34. The first-order valence-electron chi connectivity index (χ1n) is 8.40. The lowest BCUT2D eigenvalue weighted by Crippen LogP contribution is -2.29. The van der Waals surface area contributed by atoms with E-state index in [4.69, 9.17) is 5.73 Å². The number of rotatable bonds is 12. The third-order valence-electron chi connectivity index (χ3n) is 3.74. The molecule has 0 radical (unpaired) electrons. The molecule has 1 aromatic rings. The zero-order valence-corrected chi connectivity index (χ0v) is 13.1. The molecule has 0 aromatic heterocycles. The van der Waals surface area contributed by atoms with Gasteiger partial charge >= 0.3 is 0 Å². The largest absolute Gasteiger partial charge is 0.370 e. The molecule has 0 saturated heterocycles. The van der Waals surface area contributed by atoms with E-state index >= 15 is 0 Å². The van der Waals surface area contributed by atoms with E-state index in [1.165, 1.54) is 57.8 Å². The lowest BCUT2D eigenvalue weighted by molar-refractivity contribution is 0.540. The summed E-state index contributed by atoms with van der Waals surface area (Å²) in [6, 6.07) is 10.2. The minimum atomic E-state index is 0.0851. The minimum Gasteiger partial charge on any atom is -0.370 e. The average molecular weight is 276 g/mol. The third kappa shape index (κ3) is 8.98. The van der Waals surface area contributed by atoms with Crippen LogP contribution >= 0.6 is 0 Å². The van der Waals surface area contributed by atoms with Crippen LogP contribution < -0.4 is 11.1 Å². The maximum atomic E-state index is 6.09. The molecule has 0 saturated carbocycles. The number of unbranched alkanes of at least 4 members (excludes halogenated alkanes) is 8. The van der Waals surface area contributed by atoms with Gasteiger partial charge in [0.2, 0.25) is 0 Å². The normalized spacial score (nSPS) is 12.3. The summed E-state index contributed by atoms with van der Waals surface area (Å²) < 4.78 is 0. The minimum absolute atomic E-state index is 0.0851. The summed E-state index contributed by atoms with van der Waals surface area (Å²) in [5.41, 5.74) is 7.21. The Hall–Kier alpha value is -1.02. The van der Waals surface area contributed by atoms with Crippen LogP contribution in [0.25, 0.3) is 0 Å². The van der Waals surface area contributed by atoms with Crippen LogP contribution in [0.1, 0.15) is 71.1 Å². The van der Waals surface area contributed by atoms with Crippen molar-refractivity contribution in [2.24, 2.45) is 5.73 Å². The summed E-state index contributed by atoms with van der Waals surface area (Å²) in [4.78, 5) is 0. The third-order valence-corrected chi connectivity index (χ3v) is 3.74. The van der Waals surface area contributed by atoms with Crippen LogP contribution in [-0.4, -0.2) is 6.17 Å². The van der Waals surface area contributed by atoms with Gasteiger partial charge in [0.25, 0.3) is 0 Å². The van der Waals surface area contributed by atoms with Crippen LogP contribution in [0.5, 0.6) is 0 Å². The van der Waals surface area contributed by atoms with Crippen molar-refractivity contribution in [3.63, 3.8) is 0 Å². The van der Waals surface area contributed by atoms with E-state index in [2.05, 4.69) is 24.4 Å². The van der Waals surface area contributed by atoms with Crippen molar-refractivity contribution in [1.29, 1.82) is 0 Å². The van der Waals surface area contributed by atoms with E-state index in [9.17, 15) is 0 Å². The molecule has 2 heteroatoms. The first-order chi connectivity index (χ1) is 9.83. The van der Waals surface area contributed by atoms with Crippen molar-refractivity contribution >= 4 is 5.69 Å². The van der Waals surface area contributed by atoms with Gasteiger partial charge in [-0.2, -0.15) is 0 Å². The molecule has 0 aliphatic rings.